The lowest BCUT2D eigenvalue weighted by molar-refractivity contribution is 0.547. The van der Waals surface area contributed by atoms with Crippen LogP contribution in [-0.4, -0.2) is 19.7 Å². The van der Waals surface area contributed by atoms with Gasteiger partial charge in [0.05, 0.1) is 6.54 Å². The molecule has 0 fully saturated rings. The van der Waals surface area contributed by atoms with E-state index in [9.17, 15) is 4.79 Å². The van der Waals surface area contributed by atoms with Crippen LogP contribution in [0.1, 0.15) is 26.6 Å². The van der Waals surface area contributed by atoms with Crippen LogP contribution >= 0.6 is 0 Å². The lowest BCUT2D eigenvalue weighted by atomic mass is 9.96. The Bertz CT molecular complexity index is 615. The van der Waals surface area contributed by atoms with Crippen LogP contribution in [0.2, 0.25) is 0 Å². The number of fused-ring (bicyclic) bond motifs is 1. The highest BCUT2D eigenvalue weighted by Gasteiger charge is 2.19. The summed E-state index contributed by atoms with van der Waals surface area (Å²) in [6.45, 7) is 10.2. The third kappa shape index (κ3) is 2.00. The van der Waals surface area contributed by atoms with Crippen molar-refractivity contribution >= 4 is 11.0 Å². The number of aromatic nitrogens is 4. The van der Waals surface area contributed by atoms with E-state index in [2.05, 4.69) is 21.6 Å². The van der Waals surface area contributed by atoms with Gasteiger partial charge in [0.25, 0.3) is 5.56 Å². The van der Waals surface area contributed by atoms with Gasteiger partial charge in [0.15, 0.2) is 5.65 Å². The average molecular weight is 232 g/mol. The van der Waals surface area contributed by atoms with Gasteiger partial charge >= 0.3 is 0 Å². The molecule has 0 aliphatic heterocycles. The first kappa shape index (κ1) is 11.6. The largest absolute Gasteiger partial charge is 0.278 e. The second-order valence-electron chi connectivity index (χ2n) is 5.02. The molecule has 2 aromatic rings. The highest BCUT2D eigenvalue weighted by Crippen LogP contribution is 2.18. The molecule has 2 aromatic heterocycles. The molecule has 5 nitrogen and oxygen atoms in total. The number of rotatable bonds is 2. The molecule has 0 unspecified atom stereocenters. The Balaban J connectivity index is 2.63. The fourth-order valence-electron chi connectivity index (χ4n) is 1.57. The van der Waals surface area contributed by atoms with Crippen LogP contribution in [0, 0.1) is 0 Å². The van der Waals surface area contributed by atoms with Crippen LogP contribution in [0.3, 0.4) is 0 Å². The molecule has 0 saturated heterocycles. The van der Waals surface area contributed by atoms with E-state index in [1.807, 2.05) is 20.8 Å². The second kappa shape index (κ2) is 3.84. The van der Waals surface area contributed by atoms with Crippen LogP contribution in [0.5, 0.6) is 0 Å². The van der Waals surface area contributed by atoms with E-state index in [-0.39, 0.29) is 11.0 Å². The highest BCUT2D eigenvalue weighted by molar-refractivity contribution is 5.72. The maximum Gasteiger partial charge on any atom is 0.277 e. The summed E-state index contributed by atoms with van der Waals surface area (Å²) >= 11 is 0. The topological polar surface area (TPSA) is 63.6 Å². The number of nitrogens with one attached hydrogen (secondary N) is 1. The Morgan fingerprint density at radius 3 is 2.82 bits per heavy atom. The van der Waals surface area contributed by atoms with E-state index < -0.39 is 0 Å². The van der Waals surface area contributed by atoms with Gasteiger partial charge in [-0.3, -0.25) is 9.89 Å². The quantitative estimate of drug-likeness (QED) is 0.800. The molecule has 0 bridgehead atoms. The molecule has 0 aliphatic carbocycles. The van der Waals surface area contributed by atoms with E-state index >= 15 is 0 Å². The smallest absolute Gasteiger partial charge is 0.277 e. The Labute approximate surface area is 99.2 Å². The molecule has 0 radical (unpaired) electrons. The Hall–Kier alpha value is -1.91. The summed E-state index contributed by atoms with van der Waals surface area (Å²) in [4.78, 5) is 20.5. The lowest BCUT2D eigenvalue weighted by Crippen LogP contribution is -2.16. The van der Waals surface area contributed by atoms with E-state index in [1.165, 1.54) is 4.68 Å². The van der Waals surface area contributed by atoms with Crippen LogP contribution in [0.15, 0.2) is 23.6 Å². The van der Waals surface area contributed by atoms with Gasteiger partial charge < -0.3 is 0 Å². The molecule has 17 heavy (non-hydrogen) atoms. The zero-order valence-corrected chi connectivity index (χ0v) is 10.3. The van der Waals surface area contributed by atoms with Crippen LogP contribution < -0.4 is 5.56 Å². The predicted octanol–water partition coefficient (Wildman–Crippen LogP) is 1.60. The number of hydrogen-bond acceptors (Lipinski definition) is 3. The minimum atomic E-state index is -0.133. The maximum atomic E-state index is 11.9. The first-order valence-corrected chi connectivity index (χ1v) is 5.50. The Morgan fingerprint density at radius 2 is 2.24 bits per heavy atom. The third-order valence-corrected chi connectivity index (χ3v) is 2.49. The van der Waals surface area contributed by atoms with Crippen molar-refractivity contribution < 1.29 is 0 Å². The number of aromatic amines is 1. The van der Waals surface area contributed by atoms with Crippen molar-refractivity contribution in [2.24, 2.45) is 0 Å². The lowest BCUT2D eigenvalue weighted by Gasteiger charge is -2.15. The van der Waals surface area contributed by atoms with Crippen molar-refractivity contribution in [1.29, 1.82) is 0 Å². The second-order valence-corrected chi connectivity index (χ2v) is 5.02. The Morgan fingerprint density at radius 1 is 1.53 bits per heavy atom. The fraction of sp³-hybridized carbons (Fsp3) is 0.417. The third-order valence-electron chi connectivity index (χ3n) is 2.49. The van der Waals surface area contributed by atoms with E-state index in [1.54, 1.807) is 12.3 Å². The molecular weight excluding hydrogens is 216 g/mol. The van der Waals surface area contributed by atoms with Gasteiger partial charge in [-0.1, -0.05) is 26.8 Å². The van der Waals surface area contributed by atoms with E-state index in [0.29, 0.717) is 17.6 Å². The van der Waals surface area contributed by atoms with Gasteiger partial charge in [-0.05, 0) is 0 Å². The van der Waals surface area contributed by atoms with Gasteiger partial charge in [-0.2, -0.15) is 0 Å². The van der Waals surface area contributed by atoms with Crippen LogP contribution in [0.4, 0.5) is 0 Å². The van der Waals surface area contributed by atoms with Crippen molar-refractivity contribution in [2.75, 3.05) is 0 Å². The zero-order chi connectivity index (χ0) is 12.6. The minimum Gasteiger partial charge on any atom is -0.278 e. The zero-order valence-electron chi connectivity index (χ0n) is 10.3. The predicted molar refractivity (Wildman–Crippen MR) is 67.0 cm³/mol. The van der Waals surface area contributed by atoms with Gasteiger partial charge in [0.1, 0.15) is 11.2 Å². The number of nitrogens with zero attached hydrogens (tertiary/aromatic N) is 3. The summed E-state index contributed by atoms with van der Waals surface area (Å²) in [7, 11) is 0. The van der Waals surface area contributed by atoms with Crippen LogP contribution in [0.25, 0.3) is 11.0 Å². The van der Waals surface area contributed by atoms with Crippen molar-refractivity contribution in [2.45, 2.75) is 32.7 Å². The van der Waals surface area contributed by atoms with Gasteiger partial charge in [-0.25, -0.2) is 14.6 Å². The van der Waals surface area contributed by atoms with E-state index in [4.69, 9.17) is 0 Å². The highest BCUT2D eigenvalue weighted by atomic mass is 16.1. The van der Waals surface area contributed by atoms with Crippen molar-refractivity contribution in [3.63, 3.8) is 0 Å². The molecule has 1 N–H and O–H groups in total. The molecule has 2 rings (SSSR count). The number of H-pyrrole nitrogens is 1. The van der Waals surface area contributed by atoms with Gasteiger partial charge in [0, 0.05) is 11.6 Å². The summed E-state index contributed by atoms with van der Waals surface area (Å²) in [6.07, 6.45) is 3.25. The van der Waals surface area contributed by atoms with Gasteiger partial charge in [-0.15, -0.1) is 6.58 Å². The first-order chi connectivity index (χ1) is 7.93. The van der Waals surface area contributed by atoms with E-state index in [0.717, 1.165) is 5.82 Å². The van der Waals surface area contributed by atoms with Crippen molar-refractivity contribution in [3.05, 3.63) is 35.0 Å². The molecule has 2 heterocycles. The molecule has 0 amide bonds. The summed E-state index contributed by atoms with van der Waals surface area (Å²) in [5.41, 5.74) is 0.336. The molecule has 0 atom stereocenters. The van der Waals surface area contributed by atoms with Crippen molar-refractivity contribution in [3.8, 4) is 0 Å². The summed E-state index contributed by atoms with van der Waals surface area (Å²) in [5, 5.41) is 3.47. The Kier molecular flexibility index (Phi) is 2.61. The average Bonchev–Trinajstić information content (AvgIpc) is 2.55. The molecule has 0 aliphatic rings. The van der Waals surface area contributed by atoms with Crippen LogP contribution in [-0.2, 0) is 12.0 Å². The molecule has 0 aromatic carbocycles. The minimum absolute atomic E-state index is 0.111. The monoisotopic (exact) mass is 232 g/mol. The fourth-order valence-corrected chi connectivity index (χ4v) is 1.57. The standard InChI is InChI=1S/C12H16N4O/c1-5-6-16-10(17)8-7-13-11(12(2,3)4)14-9(8)15-16/h5,7H,1,6H2,2-4H3,(H,13,14,15). The van der Waals surface area contributed by atoms with Gasteiger partial charge in [0.2, 0.25) is 0 Å². The SMILES string of the molecule is C=CCn1[nH]c2nc(C(C)(C)C)ncc2c1=O. The number of hydrogen-bond donors (Lipinski definition) is 1. The van der Waals surface area contributed by atoms with Crippen molar-refractivity contribution in [1.82, 2.24) is 19.7 Å². The molecule has 90 valence electrons. The number of allylic oxidation sites excluding steroid dienone is 1. The molecular formula is C12H16N4O. The first-order valence-electron chi connectivity index (χ1n) is 5.50. The normalized spacial score (nSPS) is 11.9. The summed E-state index contributed by atoms with van der Waals surface area (Å²) in [6, 6.07) is 0. The molecule has 0 spiro atoms. The maximum absolute atomic E-state index is 11.9. The summed E-state index contributed by atoms with van der Waals surface area (Å²) < 4.78 is 1.47. The molecule has 0 saturated carbocycles. The summed E-state index contributed by atoms with van der Waals surface area (Å²) in [5.74, 6) is 0.719. The molecule has 5 heteroatoms.